The van der Waals surface area contributed by atoms with Gasteiger partial charge >= 0.3 is 0 Å². The highest BCUT2D eigenvalue weighted by Gasteiger charge is 2.26. The molecule has 120 valence electrons. The van der Waals surface area contributed by atoms with Crippen molar-refractivity contribution in [1.82, 2.24) is 14.8 Å². The number of hydrogen-bond donors (Lipinski definition) is 1. The molecule has 1 unspecified atom stereocenters. The Labute approximate surface area is 129 Å². The molecule has 0 bridgehead atoms. The highest BCUT2D eigenvalue weighted by Crippen LogP contribution is 2.33. The van der Waals surface area contributed by atoms with Crippen LogP contribution in [-0.4, -0.2) is 20.8 Å². The molecular weight excluding hydrogens is 260 g/mol. The first-order chi connectivity index (χ1) is 10.1. The maximum absolute atomic E-state index is 6.47. The maximum Gasteiger partial charge on any atom is 0.138 e. The summed E-state index contributed by atoms with van der Waals surface area (Å²) in [5.74, 6) is 2.67. The predicted octanol–water partition coefficient (Wildman–Crippen LogP) is 3.73. The summed E-state index contributed by atoms with van der Waals surface area (Å²) in [6, 6.07) is 0.596. The van der Waals surface area contributed by atoms with Gasteiger partial charge in [0.25, 0.3) is 0 Å². The van der Waals surface area contributed by atoms with Crippen LogP contribution in [0, 0.1) is 11.8 Å². The fraction of sp³-hybridized carbons (Fsp3) is 0.882. The van der Waals surface area contributed by atoms with Crippen LogP contribution < -0.4 is 5.73 Å². The second-order valence-electron chi connectivity index (χ2n) is 7.01. The van der Waals surface area contributed by atoms with Crippen molar-refractivity contribution in [2.24, 2.45) is 17.6 Å². The van der Waals surface area contributed by atoms with Gasteiger partial charge in [-0.15, -0.1) is 0 Å². The minimum absolute atomic E-state index is 0.235. The summed E-state index contributed by atoms with van der Waals surface area (Å²) < 4.78 is 2.01. The van der Waals surface area contributed by atoms with E-state index in [1.165, 1.54) is 44.9 Å². The van der Waals surface area contributed by atoms with Crippen LogP contribution in [0.25, 0.3) is 0 Å². The van der Waals surface area contributed by atoms with Gasteiger partial charge < -0.3 is 5.73 Å². The van der Waals surface area contributed by atoms with E-state index in [2.05, 4.69) is 30.9 Å². The molecule has 1 aromatic heterocycles. The Bertz CT molecular complexity index is 405. The van der Waals surface area contributed by atoms with Gasteiger partial charge in [-0.1, -0.05) is 39.0 Å². The smallest absolute Gasteiger partial charge is 0.138 e. The molecule has 4 heteroatoms. The molecule has 0 aliphatic heterocycles. The topological polar surface area (TPSA) is 56.7 Å². The Morgan fingerprint density at radius 2 is 2.00 bits per heavy atom. The van der Waals surface area contributed by atoms with E-state index in [1.54, 1.807) is 6.33 Å². The summed E-state index contributed by atoms with van der Waals surface area (Å²) in [7, 11) is 0. The Morgan fingerprint density at radius 3 is 2.62 bits per heavy atom. The lowest BCUT2D eigenvalue weighted by atomic mass is 9.76. The number of aromatic nitrogens is 3. The third-order valence-electron chi connectivity index (χ3n) is 5.02. The lowest BCUT2D eigenvalue weighted by Gasteiger charge is -2.32. The second kappa shape index (κ2) is 7.92. The molecule has 0 amide bonds. The summed E-state index contributed by atoms with van der Waals surface area (Å²) in [5.41, 5.74) is 6.47. The average molecular weight is 292 g/mol. The minimum Gasteiger partial charge on any atom is -0.327 e. The zero-order valence-corrected chi connectivity index (χ0v) is 14.0. The predicted molar refractivity (Wildman–Crippen MR) is 87.1 cm³/mol. The molecule has 1 saturated carbocycles. The fourth-order valence-corrected chi connectivity index (χ4v) is 3.63. The van der Waals surface area contributed by atoms with Gasteiger partial charge in [0.05, 0.1) is 0 Å². The van der Waals surface area contributed by atoms with Gasteiger partial charge in [-0.2, -0.15) is 5.10 Å². The van der Waals surface area contributed by atoms with Crippen LogP contribution in [0.1, 0.15) is 77.6 Å². The lowest BCUT2D eigenvalue weighted by molar-refractivity contribution is 0.228. The molecule has 4 nitrogen and oxygen atoms in total. The van der Waals surface area contributed by atoms with Gasteiger partial charge in [0.1, 0.15) is 12.2 Å². The summed E-state index contributed by atoms with van der Waals surface area (Å²) in [4.78, 5) is 4.40. The number of unbranched alkanes of at least 4 members (excludes halogenated alkanes) is 1. The van der Waals surface area contributed by atoms with E-state index in [0.717, 1.165) is 18.2 Å². The second-order valence-corrected chi connectivity index (χ2v) is 7.01. The van der Waals surface area contributed by atoms with Crippen LogP contribution in [0.15, 0.2) is 6.33 Å². The highest BCUT2D eigenvalue weighted by molar-refractivity contribution is 4.93. The zero-order valence-electron chi connectivity index (χ0n) is 14.0. The number of nitrogens with two attached hydrogens (primary N) is 1. The third-order valence-corrected chi connectivity index (χ3v) is 5.02. The van der Waals surface area contributed by atoms with Crippen LogP contribution in [0.3, 0.4) is 0 Å². The van der Waals surface area contributed by atoms with Crippen molar-refractivity contribution in [1.29, 1.82) is 0 Å². The molecular formula is C17H32N4. The monoisotopic (exact) mass is 292 g/mol. The third kappa shape index (κ3) is 4.53. The Kier molecular flexibility index (Phi) is 6.22. The molecule has 1 atom stereocenters. The molecule has 0 spiro atoms. The molecule has 0 aromatic carbocycles. The van der Waals surface area contributed by atoms with Crippen LogP contribution in [0.2, 0.25) is 0 Å². The SMILES string of the molecule is CCCCC1CCC(C(N)Cc2ncnn2C(C)C)CC1. The summed E-state index contributed by atoms with van der Waals surface area (Å²) in [6.07, 6.45) is 12.0. The number of hydrogen-bond acceptors (Lipinski definition) is 3. The fourth-order valence-electron chi connectivity index (χ4n) is 3.63. The molecule has 0 saturated heterocycles. The quantitative estimate of drug-likeness (QED) is 0.833. The van der Waals surface area contributed by atoms with Gasteiger partial charge in [-0.3, -0.25) is 0 Å². The molecule has 0 radical (unpaired) electrons. The van der Waals surface area contributed by atoms with E-state index < -0.39 is 0 Å². The summed E-state index contributed by atoms with van der Waals surface area (Å²) in [5, 5.41) is 4.31. The normalized spacial score (nSPS) is 24.4. The Morgan fingerprint density at radius 1 is 1.29 bits per heavy atom. The highest BCUT2D eigenvalue weighted by atomic mass is 15.3. The van der Waals surface area contributed by atoms with Crippen molar-refractivity contribution < 1.29 is 0 Å². The number of rotatable bonds is 7. The van der Waals surface area contributed by atoms with Gasteiger partial charge in [0, 0.05) is 18.5 Å². The van der Waals surface area contributed by atoms with Crippen LogP contribution in [0.5, 0.6) is 0 Å². The van der Waals surface area contributed by atoms with Gasteiger partial charge in [0.2, 0.25) is 0 Å². The first kappa shape index (κ1) is 16.5. The largest absolute Gasteiger partial charge is 0.327 e. The van der Waals surface area contributed by atoms with Gasteiger partial charge in [-0.25, -0.2) is 9.67 Å². The first-order valence-corrected chi connectivity index (χ1v) is 8.75. The molecule has 1 aliphatic rings. The summed E-state index contributed by atoms with van der Waals surface area (Å²) in [6.45, 7) is 6.57. The van der Waals surface area contributed by atoms with E-state index in [-0.39, 0.29) is 6.04 Å². The Hall–Kier alpha value is -0.900. The standard InChI is InChI=1S/C17H32N4/c1-4-5-6-14-7-9-15(10-8-14)16(18)11-17-19-12-20-21(17)13(2)3/h12-16H,4-11,18H2,1-3H3. The molecule has 1 heterocycles. The molecule has 1 aliphatic carbocycles. The van der Waals surface area contributed by atoms with Crippen molar-refractivity contribution in [3.63, 3.8) is 0 Å². The van der Waals surface area contributed by atoms with Gasteiger partial charge in [-0.05, 0) is 38.5 Å². The lowest BCUT2D eigenvalue weighted by Crippen LogP contribution is -2.36. The van der Waals surface area contributed by atoms with Crippen LogP contribution >= 0.6 is 0 Å². The zero-order chi connectivity index (χ0) is 15.2. The maximum atomic E-state index is 6.47. The molecule has 2 N–H and O–H groups in total. The first-order valence-electron chi connectivity index (χ1n) is 8.75. The van der Waals surface area contributed by atoms with Crippen molar-refractivity contribution in [3.8, 4) is 0 Å². The Balaban J connectivity index is 1.82. The van der Waals surface area contributed by atoms with Crippen molar-refractivity contribution >= 4 is 0 Å². The van der Waals surface area contributed by atoms with E-state index in [0.29, 0.717) is 12.0 Å². The van der Waals surface area contributed by atoms with Crippen molar-refractivity contribution in [3.05, 3.63) is 12.2 Å². The van der Waals surface area contributed by atoms with E-state index in [4.69, 9.17) is 5.73 Å². The molecule has 2 rings (SSSR count). The minimum atomic E-state index is 0.235. The molecule has 21 heavy (non-hydrogen) atoms. The van der Waals surface area contributed by atoms with E-state index in [9.17, 15) is 0 Å². The van der Waals surface area contributed by atoms with Crippen molar-refractivity contribution in [2.75, 3.05) is 0 Å². The number of nitrogens with zero attached hydrogens (tertiary/aromatic N) is 3. The van der Waals surface area contributed by atoms with E-state index >= 15 is 0 Å². The average Bonchev–Trinajstić information content (AvgIpc) is 2.94. The van der Waals surface area contributed by atoms with Crippen LogP contribution in [-0.2, 0) is 6.42 Å². The molecule has 1 fully saturated rings. The van der Waals surface area contributed by atoms with Crippen LogP contribution in [0.4, 0.5) is 0 Å². The van der Waals surface area contributed by atoms with Crippen molar-refractivity contribution in [2.45, 2.75) is 84.2 Å². The summed E-state index contributed by atoms with van der Waals surface area (Å²) >= 11 is 0. The van der Waals surface area contributed by atoms with Gasteiger partial charge in [0.15, 0.2) is 0 Å². The van der Waals surface area contributed by atoms with E-state index in [1.807, 2.05) is 4.68 Å². The molecule has 1 aromatic rings.